The molecule has 2 N–H and O–H groups in total. The van der Waals surface area contributed by atoms with Gasteiger partial charge in [0.2, 0.25) is 5.88 Å². The third-order valence-electron chi connectivity index (χ3n) is 4.86. The van der Waals surface area contributed by atoms with E-state index >= 15 is 0 Å². The van der Waals surface area contributed by atoms with Crippen LogP contribution in [-0.4, -0.2) is 34.0 Å². The molecule has 0 unspecified atom stereocenters. The number of benzene rings is 1. The number of methoxy groups -OCH3 is 1. The Morgan fingerprint density at radius 1 is 1.41 bits per heavy atom. The molecule has 29 heavy (non-hydrogen) atoms. The zero-order valence-corrected chi connectivity index (χ0v) is 17.0. The molecule has 1 heterocycles. The van der Waals surface area contributed by atoms with Crippen molar-refractivity contribution in [3.8, 4) is 5.88 Å². The standard InChI is InChI=1S/C21H23N3O4S/c1-28-20(27)15-8-5-9-16(12-15)22-13-17-18(25)23-21(29)24(19(17)26)11-10-14-6-3-2-4-7-14/h5-6,8-9,12-13,26H,2-4,7,10-11H2,1H3,(H,23,25,29). The summed E-state index contributed by atoms with van der Waals surface area (Å²) < 4.78 is 6.38. The molecular formula is C21H23N3O4S. The van der Waals surface area contributed by atoms with E-state index in [9.17, 15) is 14.7 Å². The zero-order chi connectivity index (χ0) is 20.8. The van der Waals surface area contributed by atoms with Crippen LogP contribution in [0.4, 0.5) is 5.69 Å². The summed E-state index contributed by atoms with van der Waals surface area (Å²) >= 11 is 5.22. The van der Waals surface area contributed by atoms with Crippen molar-refractivity contribution in [2.45, 2.75) is 38.6 Å². The maximum Gasteiger partial charge on any atom is 0.337 e. The molecule has 0 saturated heterocycles. The van der Waals surface area contributed by atoms with Crippen molar-refractivity contribution in [1.29, 1.82) is 0 Å². The number of hydrogen-bond acceptors (Lipinski definition) is 6. The number of esters is 1. The molecule has 0 amide bonds. The third-order valence-corrected chi connectivity index (χ3v) is 5.18. The Kier molecular flexibility index (Phi) is 6.77. The van der Waals surface area contributed by atoms with Gasteiger partial charge in [-0.3, -0.25) is 19.3 Å². The lowest BCUT2D eigenvalue weighted by atomic mass is 9.97. The summed E-state index contributed by atoms with van der Waals surface area (Å²) in [7, 11) is 1.30. The Labute approximate surface area is 173 Å². The van der Waals surface area contributed by atoms with Crippen molar-refractivity contribution in [2.24, 2.45) is 4.99 Å². The lowest BCUT2D eigenvalue weighted by Gasteiger charge is -2.15. The highest BCUT2D eigenvalue weighted by atomic mass is 32.1. The molecule has 152 valence electrons. The minimum absolute atomic E-state index is 0.0136. The van der Waals surface area contributed by atoms with Crippen LogP contribution in [0.2, 0.25) is 0 Å². The number of ether oxygens (including phenoxy) is 1. The molecule has 0 aliphatic heterocycles. The largest absolute Gasteiger partial charge is 0.494 e. The van der Waals surface area contributed by atoms with Gasteiger partial charge >= 0.3 is 5.97 Å². The number of carbonyl (C=O) groups is 1. The highest BCUT2D eigenvalue weighted by Gasteiger charge is 2.12. The van der Waals surface area contributed by atoms with E-state index in [0.29, 0.717) is 17.8 Å². The van der Waals surface area contributed by atoms with E-state index in [1.807, 2.05) is 0 Å². The van der Waals surface area contributed by atoms with Crippen molar-refractivity contribution < 1.29 is 14.6 Å². The van der Waals surface area contributed by atoms with Crippen molar-refractivity contribution in [1.82, 2.24) is 9.55 Å². The summed E-state index contributed by atoms with van der Waals surface area (Å²) in [6, 6.07) is 6.49. The van der Waals surface area contributed by atoms with Crippen LogP contribution in [0.5, 0.6) is 5.88 Å². The summed E-state index contributed by atoms with van der Waals surface area (Å²) in [5.74, 6) is -0.698. The van der Waals surface area contributed by atoms with E-state index in [1.165, 1.54) is 36.3 Å². The molecule has 1 aromatic heterocycles. The maximum atomic E-state index is 12.3. The lowest BCUT2D eigenvalue weighted by Crippen LogP contribution is -2.19. The van der Waals surface area contributed by atoms with E-state index in [2.05, 4.69) is 16.1 Å². The SMILES string of the molecule is COC(=O)c1cccc(N=Cc2c(O)n(CCC3=CCCCC3)c(=S)[nH]c2=O)c1. The zero-order valence-electron chi connectivity index (χ0n) is 16.2. The molecule has 0 saturated carbocycles. The summed E-state index contributed by atoms with van der Waals surface area (Å²) in [5, 5.41) is 10.6. The fraction of sp³-hybridized carbons (Fsp3) is 0.333. The van der Waals surface area contributed by atoms with Crippen molar-refractivity contribution in [2.75, 3.05) is 7.11 Å². The van der Waals surface area contributed by atoms with Crippen LogP contribution in [0.3, 0.4) is 0 Å². The first-order chi connectivity index (χ1) is 14.0. The predicted molar refractivity (Wildman–Crippen MR) is 114 cm³/mol. The Bertz CT molecular complexity index is 1080. The van der Waals surface area contributed by atoms with Crippen LogP contribution in [-0.2, 0) is 11.3 Å². The molecular weight excluding hydrogens is 390 g/mol. The number of carbonyl (C=O) groups excluding carboxylic acids is 1. The monoisotopic (exact) mass is 413 g/mol. The van der Waals surface area contributed by atoms with Crippen molar-refractivity contribution in [3.05, 3.63) is 62.2 Å². The summed E-state index contributed by atoms with van der Waals surface area (Å²) in [6.45, 7) is 0.478. The molecule has 1 aromatic carbocycles. The topological polar surface area (TPSA) is 96.7 Å². The Morgan fingerprint density at radius 2 is 2.24 bits per heavy atom. The molecule has 8 heteroatoms. The highest BCUT2D eigenvalue weighted by Crippen LogP contribution is 2.22. The molecule has 1 aliphatic carbocycles. The van der Waals surface area contributed by atoms with Gasteiger partial charge in [0.25, 0.3) is 5.56 Å². The first kappa shape index (κ1) is 20.7. The van der Waals surface area contributed by atoms with Crippen LogP contribution < -0.4 is 5.56 Å². The van der Waals surface area contributed by atoms with Crippen molar-refractivity contribution in [3.63, 3.8) is 0 Å². The van der Waals surface area contributed by atoms with Gasteiger partial charge in [-0.1, -0.05) is 17.7 Å². The van der Waals surface area contributed by atoms with Gasteiger partial charge < -0.3 is 9.84 Å². The number of H-pyrrole nitrogens is 1. The fourth-order valence-corrected chi connectivity index (χ4v) is 3.53. The molecule has 3 rings (SSSR count). The van der Waals surface area contributed by atoms with Gasteiger partial charge in [-0.25, -0.2) is 4.79 Å². The van der Waals surface area contributed by atoms with E-state index in [1.54, 1.807) is 24.3 Å². The second kappa shape index (κ2) is 9.47. The number of aromatic hydroxyl groups is 1. The number of aliphatic imine (C=N–C) groups is 1. The number of aromatic amines is 1. The molecule has 0 radical (unpaired) electrons. The molecule has 0 bridgehead atoms. The smallest absolute Gasteiger partial charge is 0.337 e. The second-order valence-corrected chi connectivity index (χ2v) is 7.19. The highest BCUT2D eigenvalue weighted by molar-refractivity contribution is 7.71. The van der Waals surface area contributed by atoms with Gasteiger partial charge in [-0.05, 0) is 62.5 Å². The van der Waals surface area contributed by atoms with Crippen molar-refractivity contribution >= 4 is 30.1 Å². The van der Waals surface area contributed by atoms with Gasteiger partial charge in [0, 0.05) is 12.8 Å². The van der Waals surface area contributed by atoms with Gasteiger partial charge in [-0.2, -0.15) is 0 Å². The van der Waals surface area contributed by atoms with E-state index in [-0.39, 0.29) is 16.2 Å². The first-order valence-corrected chi connectivity index (χ1v) is 9.87. The Balaban J connectivity index is 1.86. The normalized spacial score (nSPS) is 14.0. The second-order valence-electron chi connectivity index (χ2n) is 6.81. The Hall–Kier alpha value is -3.00. The average molecular weight is 413 g/mol. The molecule has 0 atom stereocenters. The average Bonchev–Trinajstić information content (AvgIpc) is 2.73. The van der Waals surface area contributed by atoms with Gasteiger partial charge in [-0.15, -0.1) is 0 Å². The Morgan fingerprint density at radius 3 is 2.97 bits per heavy atom. The van der Waals surface area contributed by atoms with Gasteiger partial charge in [0.05, 0.1) is 18.4 Å². The fourth-order valence-electron chi connectivity index (χ4n) is 3.26. The summed E-state index contributed by atoms with van der Waals surface area (Å²) in [6.07, 6.45) is 8.82. The molecule has 0 fully saturated rings. The van der Waals surface area contributed by atoms with Gasteiger partial charge in [0.1, 0.15) is 5.56 Å². The number of nitrogens with one attached hydrogen (secondary N) is 1. The number of aromatic nitrogens is 2. The number of nitrogens with zero attached hydrogens (tertiary/aromatic N) is 2. The van der Waals surface area contributed by atoms with Crippen LogP contribution in [0.25, 0.3) is 0 Å². The summed E-state index contributed by atoms with van der Waals surface area (Å²) in [4.78, 5) is 30.7. The van der Waals surface area contributed by atoms with E-state index in [0.717, 1.165) is 19.3 Å². The maximum absolute atomic E-state index is 12.3. The van der Waals surface area contributed by atoms with Crippen LogP contribution in [0, 0.1) is 4.77 Å². The molecule has 7 nitrogen and oxygen atoms in total. The minimum atomic E-state index is -0.520. The predicted octanol–water partition coefficient (Wildman–Crippen LogP) is 4.04. The lowest BCUT2D eigenvalue weighted by molar-refractivity contribution is 0.0600. The van der Waals surface area contributed by atoms with Crippen LogP contribution in [0.1, 0.15) is 48.0 Å². The molecule has 1 aliphatic rings. The first-order valence-electron chi connectivity index (χ1n) is 9.46. The number of allylic oxidation sites excluding steroid dienone is 2. The molecule has 0 spiro atoms. The van der Waals surface area contributed by atoms with E-state index < -0.39 is 11.5 Å². The van der Waals surface area contributed by atoms with Crippen LogP contribution >= 0.6 is 12.2 Å². The number of hydrogen-bond donors (Lipinski definition) is 2. The minimum Gasteiger partial charge on any atom is -0.494 e. The molecule has 2 aromatic rings. The van der Waals surface area contributed by atoms with E-state index in [4.69, 9.17) is 17.0 Å². The van der Waals surface area contributed by atoms with Gasteiger partial charge in [0.15, 0.2) is 4.77 Å². The van der Waals surface area contributed by atoms with Crippen LogP contribution in [0.15, 0.2) is 45.7 Å². The number of rotatable bonds is 6. The quantitative estimate of drug-likeness (QED) is 0.322. The summed E-state index contributed by atoms with van der Waals surface area (Å²) in [5.41, 5.74) is 1.64. The third kappa shape index (κ3) is 5.08.